The Labute approximate surface area is 187 Å². The lowest BCUT2D eigenvalue weighted by Gasteiger charge is -2.06. The van der Waals surface area contributed by atoms with Gasteiger partial charge in [0.15, 0.2) is 5.78 Å². The van der Waals surface area contributed by atoms with E-state index >= 15 is 0 Å². The second-order valence-electron chi connectivity index (χ2n) is 6.42. The molecular weight excluding hydrogens is 467 g/mol. The van der Waals surface area contributed by atoms with E-state index < -0.39 is 20.7 Å². The fourth-order valence-corrected chi connectivity index (χ4v) is 5.78. The average molecular weight is 481 g/mol. The number of carbonyl (C=O) groups excluding carboxylic acids is 1. The van der Waals surface area contributed by atoms with E-state index in [1.807, 2.05) is 0 Å². The second kappa shape index (κ2) is 8.55. The molecule has 6 nitrogen and oxygen atoms in total. The van der Waals surface area contributed by atoms with Crippen LogP contribution in [0.5, 0.6) is 0 Å². The maximum absolute atomic E-state index is 13.3. The smallest absolute Gasteiger partial charge is 0.262 e. The van der Waals surface area contributed by atoms with Gasteiger partial charge in [-0.2, -0.15) is 0 Å². The van der Waals surface area contributed by atoms with Crippen LogP contribution in [0.25, 0.3) is 11.3 Å². The largest absolute Gasteiger partial charge is 0.343 e. The van der Waals surface area contributed by atoms with E-state index in [1.165, 1.54) is 23.9 Å². The van der Waals surface area contributed by atoms with Crippen LogP contribution >= 0.6 is 35.0 Å². The molecule has 0 radical (unpaired) electrons. The summed E-state index contributed by atoms with van der Waals surface area (Å²) in [5.41, 5.74) is 0.783. The average Bonchev–Trinajstić information content (AvgIpc) is 3.38. The number of aromatic nitrogens is 1. The predicted octanol–water partition coefficient (Wildman–Crippen LogP) is 4.80. The van der Waals surface area contributed by atoms with Gasteiger partial charge in [0.25, 0.3) is 5.09 Å². The Morgan fingerprint density at radius 2 is 1.67 bits per heavy atom. The highest BCUT2D eigenvalue weighted by molar-refractivity contribution is 8.15. The number of halogens is 2. The molecule has 0 saturated heterocycles. The van der Waals surface area contributed by atoms with Crippen molar-refractivity contribution in [3.63, 3.8) is 0 Å². The highest BCUT2D eigenvalue weighted by atomic mass is 35.5. The zero-order chi connectivity index (χ0) is 21.3. The van der Waals surface area contributed by atoms with Gasteiger partial charge in [-0.05, 0) is 36.4 Å². The Balaban J connectivity index is 1.85. The van der Waals surface area contributed by atoms with Crippen LogP contribution in [0.1, 0.15) is 15.9 Å². The van der Waals surface area contributed by atoms with Gasteiger partial charge in [-0.25, -0.2) is 8.42 Å². The molecule has 3 aromatic rings. The van der Waals surface area contributed by atoms with Crippen molar-refractivity contribution in [2.24, 2.45) is 4.99 Å². The summed E-state index contributed by atoms with van der Waals surface area (Å²) >= 11 is 13.2. The van der Waals surface area contributed by atoms with Crippen molar-refractivity contribution in [2.45, 2.75) is 5.09 Å². The number of sulfone groups is 1. The molecule has 0 bridgehead atoms. The molecule has 1 aromatic heterocycles. The molecule has 0 spiro atoms. The highest BCUT2D eigenvalue weighted by Crippen LogP contribution is 2.32. The van der Waals surface area contributed by atoms with Crippen LogP contribution in [0.2, 0.25) is 10.0 Å². The van der Waals surface area contributed by atoms with E-state index in [0.717, 1.165) is 5.75 Å². The third-order valence-corrected chi connectivity index (χ3v) is 7.53. The number of hydrogen-bond acceptors (Lipinski definition) is 7. The molecule has 0 fully saturated rings. The van der Waals surface area contributed by atoms with Gasteiger partial charge in [0.2, 0.25) is 9.84 Å². The first kappa shape index (κ1) is 21.1. The van der Waals surface area contributed by atoms with Crippen molar-refractivity contribution in [3.05, 3.63) is 69.7 Å². The van der Waals surface area contributed by atoms with Crippen LogP contribution in [0, 0.1) is 0 Å². The lowest BCUT2D eigenvalue weighted by atomic mass is 10.0. The fraction of sp³-hybridized carbons (Fsp3) is 0.150. The van der Waals surface area contributed by atoms with Crippen LogP contribution in [0.15, 0.2) is 63.1 Å². The maximum Gasteiger partial charge on any atom is 0.262 e. The van der Waals surface area contributed by atoms with Gasteiger partial charge in [-0.3, -0.25) is 9.79 Å². The molecule has 0 unspecified atom stereocenters. The standard InChI is InChI=1S/C20H14Cl2N2O4S2/c21-14-5-1-12(2-6-14)18-17(19(25)13-3-7-15(22)8-4-13)20(28-24-18)30(26,27)11-16-23-9-10-29-16/h1-8H,9-11H2. The van der Waals surface area contributed by atoms with Crippen LogP contribution in [-0.4, -0.2) is 42.5 Å². The summed E-state index contributed by atoms with van der Waals surface area (Å²) in [6.45, 7) is 0.568. The first-order chi connectivity index (χ1) is 14.3. The Kier molecular flexibility index (Phi) is 6.02. The normalized spacial score (nSPS) is 14.0. The van der Waals surface area contributed by atoms with Gasteiger partial charge in [0, 0.05) is 33.5 Å². The number of aliphatic imine (C=N–C) groups is 1. The minimum absolute atomic E-state index is 0.122. The van der Waals surface area contributed by atoms with Crippen molar-refractivity contribution in [3.8, 4) is 11.3 Å². The summed E-state index contributed by atoms with van der Waals surface area (Å²) in [5.74, 6) is -0.140. The molecule has 2 aromatic carbocycles. The summed E-state index contributed by atoms with van der Waals surface area (Å²) in [5, 5.41) is 4.91. The number of ketones is 1. The molecular formula is C20H14Cl2N2O4S2. The van der Waals surface area contributed by atoms with Crippen molar-refractivity contribution in [1.82, 2.24) is 5.16 Å². The number of benzene rings is 2. The van der Waals surface area contributed by atoms with Gasteiger partial charge in [0.05, 0.1) is 5.04 Å². The first-order valence-corrected chi connectivity index (χ1v) is 12.2. The lowest BCUT2D eigenvalue weighted by molar-refractivity contribution is 0.103. The third-order valence-electron chi connectivity index (χ3n) is 4.36. The van der Waals surface area contributed by atoms with E-state index in [1.54, 1.807) is 36.4 Å². The van der Waals surface area contributed by atoms with E-state index in [-0.39, 0.29) is 22.6 Å². The number of hydrogen-bond donors (Lipinski definition) is 0. The summed E-state index contributed by atoms with van der Waals surface area (Å²) in [6.07, 6.45) is 0. The monoisotopic (exact) mass is 480 g/mol. The molecule has 1 aliphatic heterocycles. The zero-order valence-electron chi connectivity index (χ0n) is 15.3. The molecule has 0 saturated carbocycles. The van der Waals surface area contributed by atoms with Crippen molar-refractivity contribution in [2.75, 3.05) is 18.1 Å². The molecule has 1 aliphatic rings. The molecule has 30 heavy (non-hydrogen) atoms. The Bertz CT molecular complexity index is 1230. The predicted molar refractivity (Wildman–Crippen MR) is 119 cm³/mol. The molecule has 154 valence electrons. The summed E-state index contributed by atoms with van der Waals surface area (Å²) < 4.78 is 31.4. The summed E-state index contributed by atoms with van der Waals surface area (Å²) in [4.78, 5) is 17.5. The van der Waals surface area contributed by atoms with Gasteiger partial charge >= 0.3 is 0 Å². The summed E-state index contributed by atoms with van der Waals surface area (Å²) in [7, 11) is -3.98. The number of thioether (sulfide) groups is 1. The molecule has 10 heteroatoms. The van der Waals surface area contributed by atoms with Crippen molar-refractivity contribution >= 4 is 55.6 Å². The molecule has 0 N–H and O–H groups in total. The number of carbonyl (C=O) groups is 1. The first-order valence-electron chi connectivity index (χ1n) is 8.80. The maximum atomic E-state index is 13.3. The fourth-order valence-electron chi connectivity index (χ4n) is 2.93. The lowest BCUT2D eigenvalue weighted by Crippen LogP contribution is -2.16. The Hall–Kier alpha value is -2.13. The Morgan fingerprint density at radius 3 is 2.27 bits per heavy atom. The van der Waals surface area contributed by atoms with E-state index in [9.17, 15) is 13.2 Å². The van der Waals surface area contributed by atoms with Gasteiger partial charge in [0.1, 0.15) is 17.0 Å². The number of nitrogens with zero attached hydrogens (tertiary/aromatic N) is 2. The molecule has 2 heterocycles. The molecule has 4 rings (SSSR count). The molecule has 0 amide bonds. The zero-order valence-corrected chi connectivity index (χ0v) is 18.5. The van der Waals surface area contributed by atoms with Crippen LogP contribution in [0.4, 0.5) is 0 Å². The van der Waals surface area contributed by atoms with Crippen molar-refractivity contribution < 1.29 is 17.7 Å². The van der Waals surface area contributed by atoms with E-state index in [0.29, 0.717) is 27.2 Å². The van der Waals surface area contributed by atoms with Crippen molar-refractivity contribution in [1.29, 1.82) is 0 Å². The molecule has 0 aliphatic carbocycles. The quantitative estimate of drug-likeness (QED) is 0.470. The van der Waals surface area contributed by atoms with Crippen LogP contribution in [-0.2, 0) is 9.84 Å². The summed E-state index contributed by atoms with van der Waals surface area (Å²) in [6, 6.07) is 12.7. The Morgan fingerprint density at radius 1 is 1.03 bits per heavy atom. The SMILES string of the molecule is O=C(c1ccc(Cl)cc1)c1c(-c2ccc(Cl)cc2)noc1S(=O)(=O)CC1=NCCS1. The van der Waals surface area contributed by atoms with Crippen LogP contribution < -0.4 is 0 Å². The third kappa shape index (κ3) is 4.32. The minimum atomic E-state index is -3.98. The second-order valence-corrected chi connectivity index (χ2v) is 10.3. The van der Waals surface area contributed by atoms with E-state index in [4.69, 9.17) is 27.7 Å². The van der Waals surface area contributed by atoms with Gasteiger partial charge < -0.3 is 4.52 Å². The highest BCUT2D eigenvalue weighted by Gasteiger charge is 2.34. The topological polar surface area (TPSA) is 89.6 Å². The van der Waals surface area contributed by atoms with Crippen LogP contribution in [0.3, 0.4) is 0 Å². The minimum Gasteiger partial charge on any atom is -0.343 e. The van der Waals surface area contributed by atoms with Gasteiger partial charge in [-0.1, -0.05) is 40.5 Å². The number of rotatable bonds is 6. The van der Waals surface area contributed by atoms with Gasteiger partial charge in [-0.15, -0.1) is 11.8 Å². The van der Waals surface area contributed by atoms with E-state index in [2.05, 4.69) is 10.1 Å². The molecule has 0 atom stereocenters.